The zero-order chi connectivity index (χ0) is 12.7. The first-order valence-corrected chi connectivity index (χ1v) is 9.01. The lowest BCUT2D eigenvalue weighted by Gasteiger charge is -2.26. The summed E-state index contributed by atoms with van der Waals surface area (Å²) in [5, 5.41) is 8.74. The summed E-state index contributed by atoms with van der Waals surface area (Å²) in [4.78, 5) is 0. The summed E-state index contributed by atoms with van der Waals surface area (Å²) in [5.74, 6) is -0.0966. The fourth-order valence-electron chi connectivity index (χ4n) is 2.32. The van der Waals surface area contributed by atoms with Gasteiger partial charge in [0.15, 0.2) is 0 Å². The Balaban J connectivity index is 2.07. The summed E-state index contributed by atoms with van der Waals surface area (Å²) >= 11 is 0. The average molecular weight is 283 g/mol. The molecule has 1 unspecified atom stereocenters. The lowest BCUT2D eigenvalue weighted by atomic mass is 10.2. The molecule has 0 aromatic heterocycles. The van der Waals surface area contributed by atoms with Crippen molar-refractivity contribution in [3.8, 4) is 0 Å². The first kappa shape index (κ1) is 13.3. The summed E-state index contributed by atoms with van der Waals surface area (Å²) < 4.78 is 48.1. The van der Waals surface area contributed by atoms with Crippen molar-refractivity contribution < 1.29 is 21.9 Å². The third-order valence-corrected chi connectivity index (χ3v) is 7.49. The van der Waals surface area contributed by atoms with Crippen LogP contribution in [0.1, 0.15) is 19.3 Å². The van der Waals surface area contributed by atoms with Crippen LogP contribution in [0.2, 0.25) is 0 Å². The smallest absolute Gasteiger partial charge is 0.217 e. The van der Waals surface area contributed by atoms with E-state index in [0.717, 1.165) is 0 Å². The van der Waals surface area contributed by atoms with Crippen LogP contribution in [0.5, 0.6) is 0 Å². The van der Waals surface area contributed by atoms with E-state index in [-0.39, 0.29) is 30.9 Å². The van der Waals surface area contributed by atoms with Gasteiger partial charge in [-0.25, -0.2) is 16.8 Å². The van der Waals surface area contributed by atoms with E-state index in [2.05, 4.69) is 0 Å². The molecule has 0 bridgehead atoms. The van der Waals surface area contributed by atoms with Crippen molar-refractivity contribution in [2.45, 2.75) is 30.6 Å². The van der Waals surface area contributed by atoms with E-state index in [1.54, 1.807) is 0 Å². The van der Waals surface area contributed by atoms with Crippen molar-refractivity contribution in [3.63, 3.8) is 0 Å². The standard InChI is InChI=1S/C9H17NO5S2/c11-8-1-4-10(7-8)17(14,15)9-2-5-16(12,13)6-3-9/h8-9,11H,1-7H2. The van der Waals surface area contributed by atoms with Gasteiger partial charge in [0, 0.05) is 13.1 Å². The van der Waals surface area contributed by atoms with E-state index < -0.39 is 31.2 Å². The van der Waals surface area contributed by atoms with Crippen LogP contribution in [0.15, 0.2) is 0 Å². The average Bonchev–Trinajstić information content (AvgIpc) is 2.65. The summed E-state index contributed by atoms with van der Waals surface area (Å²) in [5.41, 5.74) is 0. The van der Waals surface area contributed by atoms with Crippen molar-refractivity contribution in [1.82, 2.24) is 4.31 Å². The molecule has 0 aromatic rings. The van der Waals surface area contributed by atoms with Gasteiger partial charge in [-0.3, -0.25) is 0 Å². The second-order valence-electron chi connectivity index (χ2n) is 4.70. The lowest BCUT2D eigenvalue weighted by Crippen LogP contribution is -2.41. The SMILES string of the molecule is O=S1(=O)CCC(S(=O)(=O)N2CCC(O)C2)CC1. The molecule has 6 nitrogen and oxygen atoms in total. The van der Waals surface area contributed by atoms with E-state index in [4.69, 9.17) is 0 Å². The van der Waals surface area contributed by atoms with Crippen LogP contribution >= 0.6 is 0 Å². The molecule has 0 aromatic carbocycles. The molecule has 2 aliphatic heterocycles. The summed E-state index contributed by atoms with van der Waals surface area (Å²) in [6, 6.07) is 0. The van der Waals surface area contributed by atoms with Gasteiger partial charge in [0.25, 0.3) is 0 Å². The van der Waals surface area contributed by atoms with Crippen LogP contribution in [-0.4, -0.2) is 62.2 Å². The maximum atomic E-state index is 12.2. The molecule has 2 heterocycles. The molecule has 0 radical (unpaired) electrons. The van der Waals surface area contributed by atoms with E-state index in [0.29, 0.717) is 13.0 Å². The number of hydrogen-bond donors (Lipinski definition) is 1. The highest BCUT2D eigenvalue weighted by atomic mass is 32.2. The Morgan fingerprint density at radius 2 is 1.71 bits per heavy atom. The van der Waals surface area contributed by atoms with Crippen molar-refractivity contribution >= 4 is 19.9 Å². The van der Waals surface area contributed by atoms with Crippen LogP contribution in [0.4, 0.5) is 0 Å². The van der Waals surface area contributed by atoms with Crippen LogP contribution in [0.3, 0.4) is 0 Å². The van der Waals surface area contributed by atoms with E-state index in [1.807, 2.05) is 0 Å². The molecule has 0 spiro atoms. The highest BCUT2D eigenvalue weighted by Gasteiger charge is 2.39. The van der Waals surface area contributed by atoms with Gasteiger partial charge in [0.1, 0.15) is 9.84 Å². The van der Waals surface area contributed by atoms with Gasteiger partial charge in [-0.05, 0) is 19.3 Å². The summed E-state index contributed by atoms with van der Waals surface area (Å²) in [7, 11) is -6.48. The molecule has 2 fully saturated rings. The Bertz CT molecular complexity index is 470. The van der Waals surface area contributed by atoms with Gasteiger partial charge in [0.05, 0.1) is 22.9 Å². The Labute approximate surface area is 102 Å². The van der Waals surface area contributed by atoms with Crippen molar-refractivity contribution in [1.29, 1.82) is 0 Å². The van der Waals surface area contributed by atoms with Gasteiger partial charge in [0.2, 0.25) is 10.0 Å². The number of sulfonamides is 1. The van der Waals surface area contributed by atoms with Crippen LogP contribution in [0.25, 0.3) is 0 Å². The zero-order valence-corrected chi connectivity index (χ0v) is 11.1. The number of β-amino-alcohol motifs (C(OH)–C–C–N with tert-alkyl or cyclic N) is 1. The Morgan fingerprint density at radius 1 is 1.12 bits per heavy atom. The fraction of sp³-hybridized carbons (Fsp3) is 1.00. The predicted molar refractivity (Wildman–Crippen MR) is 62.8 cm³/mol. The fourth-order valence-corrected chi connectivity index (χ4v) is 6.10. The monoisotopic (exact) mass is 283 g/mol. The molecule has 2 saturated heterocycles. The van der Waals surface area contributed by atoms with Crippen LogP contribution < -0.4 is 0 Å². The molecule has 8 heteroatoms. The topological polar surface area (TPSA) is 91.8 Å². The maximum absolute atomic E-state index is 12.2. The highest BCUT2D eigenvalue weighted by molar-refractivity contribution is 7.92. The van der Waals surface area contributed by atoms with Crippen LogP contribution in [0, 0.1) is 0 Å². The normalized spacial score (nSPS) is 31.7. The number of nitrogens with zero attached hydrogens (tertiary/aromatic N) is 1. The maximum Gasteiger partial charge on any atom is 0.217 e. The van der Waals surface area contributed by atoms with Gasteiger partial charge in [-0.1, -0.05) is 0 Å². The van der Waals surface area contributed by atoms with Gasteiger partial charge in [-0.2, -0.15) is 4.31 Å². The third kappa shape index (κ3) is 2.81. The molecule has 17 heavy (non-hydrogen) atoms. The zero-order valence-electron chi connectivity index (χ0n) is 9.45. The number of rotatable bonds is 2. The lowest BCUT2D eigenvalue weighted by molar-refractivity contribution is 0.189. The molecular formula is C9H17NO5S2. The molecule has 2 rings (SSSR count). The van der Waals surface area contributed by atoms with Crippen molar-refractivity contribution in [2.75, 3.05) is 24.6 Å². The summed E-state index contributed by atoms with van der Waals surface area (Å²) in [6.45, 7) is 0.484. The molecule has 0 aliphatic carbocycles. The minimum atomic E-state index is -3.44. The van der Waals surface area contributed by atoms with Crippen molar-refractivity contribution in [2.24, 2.45) is 0 Å². The summed E-state index contributed by atoms with van der Waals surface area (Å²) in [6.07, 6.45) is 0.232. The number of aliphatic hydroxyl groups is 1. The van der Waals surface area contributed by atoms with Crippen LogP contribution in [-0.2, 0) is 19.9 Å². The molecule has 100 valence electrons. The first-order chi connectivity index (χ1) is 7.81. The third-order valence-electron chi connectivity index (χ3n) is 3.41. The molecule has 0 amide bonds. The van der Waals surface area contributed by atoms with Gasteiger partial charge >= 0.3 is 0 Å². The minimum absolute atomic E-state index is 0.0483. The number of sulfone groups is 1. The minimum Gasteiger partial charge on any atom is -0.392 e. The quantitative estimate of drug-likeness (QED) is 0.699. The van der Waals surface area contributed by atoms with Crippen molar-refractivity contribution in [3.05, 3.63) is 0 Å². The Morgan fingerprint density at radius 3 is 2.18 bits per heavy atom. The van der Waals surface area contributed by atoms with Gasteiger partial charge in [-0.15, -0.1) is 0 Å². The number of hydrogen-bond acceptors (Lipinski definition) is 5. The first-order valence-electron chi connectivity index (χ1n) is 5.69. The predicted octanol–water partition coefficient (Wildman–Crippen LogP) is -1.04. The molecule has 0 saturated carbocycles. The molecule has 1 N–H and O–H groups in total. The Hall–Kier alpha value is -0.180. The van der Waals surface area contributed by atoms with E-state index >= 15 is 0 Å². The molecule has 2 aliphatic rings. The Kier molecular flexibility index (Phi) is 3.50. The molecule has 1 atom stereocenters. The van der Waals surface area contributed by atoms with Gasteiger partial charge < -0.3 is 5.11 Å². The largest absolute Gasteiger partial charge is 0.392 e. The second-order valence-corrected chi connectivity index (χ2v) is 9.21. The number of aliphatic hydroxyl groups excluding tert-OH is 1. The second kappa shape index (κ2) is 4.49. The molecular weight excluding hydrogens is 266 g/mol. The highest BCUT2D eigenvalue weighted by Crippen LogP contribution is 2.25. The van der Waals surface area contributed by atoms with E-state index in [1.165, 1.54) is 4.31 Å². The van der Waals surface area contributed by atoms with E-state index in [9.17, 15) is 21.9 Å².